The molecule has 1 fully saturated rings. The molecule has 1 heterocycles. The Morgan fingerprint density at radius 1 is 1.33 bits per heavy atom. The predicted molar refractivity (Wildman–Crippen MR) is 75.4 cm³/mol. The van der Waals surface area contributed by atoms with Crippen LogP contribution in [0.15, 0.2) is 23.1 Å². The van der Waals surface area contributed by atoms with Crippen molar-refractivity contribution in [2.45, 2.75) is 36.6 Å². The Bertz CT molecular complexity index is 455. The van der Waals surface area contributed by atoms with Gasteiger partial charge in [-0.15, -0.1) is 11.8 Å². The van der Waals surface area contributed by atoms with Crippen LogP contribution in [0.3, 0.4) is 0 Å². The van der Waals surface area contributed by atoms with E-state index in [1.165, 1.54) is 17.7 Å². The van der Waals surface area contributed by atoms with Gasteiger partial charge in [0.05, 0.1) is 0 Å². The minimum absolute atomic E-state index is 0.0714. The topological polar surface area (TPSA) is 41.1 Å². The first-order valence-corrected chi connectivity index (χ1v) is 7.63. The van der Waals surface area contributed by atoms with Crippen molar-refractivity contribution in [3.8, 4) is 0 Å². The van der Waals surface area contributed by atoms with Crippen LogP contribution in [0.5, 0.6) is 0 Å². The third-order valence-corrected chi connectivity index (χ3v) is 4.68. The van der Waals surface area contributed by atoms with E-state index in [1.54, 1.807) is 0 Å². The predicted octanol–water partition coefficient (Wildman–Crippen LogP) is 2.88. The van der Waals surface area contributed by atoms with Crippen LogP contribution < -0.4 is 10.6 Å². The molecular formula is C14H18N2OS. The zero-order valence-electron chi connectivity index (χ0n) is 10.4. The summed E-state index contributed by atoms with van der Waals surface area (Å²) in [4.78, 5) is 13.4. The van der Waals surface area contributed by atoms with Crippen LogP contribution in [0.25, 0.3) is 0 Å². The van der Waals surface area contributed by atoms with E-state index in [2.05, 4.69) is 16.7 Å². The number of amides is 1. The number of benzene rings is 1. The lowest BCUT2D eigenvalue weighted by molar-refractivity contribution is 0.0938. The molecule has 0 bridgehead atoms. The second-order valence-corrected chi connectivity index (χ2v) is 6.08. The Morgan fingerprint density at radius 3 is 3.00 bits per heavy atom. The monoisotopic (exact) mass is 262 g/mol. The lowest BCUT2D eigenvalue weighted by Gasteiger charge is -2.18. The number of rotatable bonds is 2. The molecule has 1 aliphatic carbocycles. The maximum atomic E-state index is 12.1. The fourth-order valence-electron chi connectivity index (χ4n) is 2.62. The van der Waals surface area contributed by atoms with E-state index in [0.717, 1.165) is 36.4 Å². The van der Waals surface area contributed by atoms with Crippen LogP contribution in [0.1, 0.15) is 36.0 Å². The molecule has 1 amide bonds. The molecule has 0 spiro atoms. The quantitative estimate of drug-likeness (QED) is 0.861. The Kier molecular flexibility index (Phi) is 3.46. The Labute approximate surface area is 112 Å². The number of hydrogen-bond acceptors (Lipinski definition) is 3. The molecule has 1 aliphatic heterocycles. The van der Waals surface area contributed by atoms with E-state index in [9.17, 15) is 4.79 Å². The highest BCUT2D eigenvalue weighted by Crippen LogP contribution is 2.31. The SMILES string of the molecule is O=C(NC1CCCC1)c1ccc2c(c1)NCCS2. The highest BCUT2D eigenvalue weighted by Gasteiger charge is 2.19. The summed E-state index contributed by atoms with van der Waals surface area (Å²) in [5.74, 6) is 1.17. The van der Waals surface area contributed by atoms with Crippen molar-refractivity contribution in [1.29, 1.82) is 0 Å². The molecule has 3 nitrogen and oxygen atoms in total. The van der Waals surface area contributed by atoms with Gasteiger partial charge in [-0.3, -0.25) is 4.79 Å². The third-order valence-electron chi connectivity index (χ3n) is 3.61. The van der Waals surface area contributed by atoms with Gasteiger partial charge in [0.2, 0.25) is 0 Å². The molecule has 18 heavy (non-hydrogen) atoms. The molecule has 2 aliphatic rings. The molecule has 96 valence electrons. The summed E-state index contributed by atoms with van der Waals surface area (Å²) < 4.78 is 0. The van der Waals surface area contributed by atoms with Crippen molar-refractivity contribution in [3.63, 3.8) is 0 Å². The van der Waals surface area contributed by atoms with Crippen LogP contribution in [-0.4, -0.2) is 24.2 Å². The molecular weight excluding hydrogens is 244 g/mol. The molecule has 0 aromatic heterocycles. The summed E-state index contributed by atoms with van der Waals surface area (Å²) >= 11 is 1.85. The summed E-state index contributed by atoms with van der Waals surface area (Å²) in [6, 6.07) is 6.35. The van der Waals surface area contributed by atoms with Crippen LogP contribution in [0, 0.1) is 0 Å². The number of thioether (sulfide) groups is 1. The minimum Gasteiger partial charge on any atom is -0.383 e. The molecule has 0 radical (unpaired) electrons. The molecule has 4 heteroatoms. The van der Waals surface area contributed by atoms with Gasteiger partial charge in [0, 0.05) is 34.5 Å². The number of anilines is 1. The lowest BCUT2D eigenvalue weighted by atomic mass is 10.1. The molecule has 2 N–H and O–H groups in total. The van der Waals surface area contributed by atoms with E-state index in [1.807, 2.05) is 23.9 Å². The molecule has 1 aromatic carbocycles. The molecule has 0 unspecified atom stereocenters. The summed E-state index contributed by atoms with van der Waals surface area (Å²) in [6.45, 7) is 0.978. The second kappa shape index (κ2) is 5.22. The van der Waals surface area contributed by atoms with Gasteiger partial charge in [-0.25, -0.2) is 0 Å². The average molecular weight is 262 g/mol. The Hall–Kier alpha value is -1.16. The maximum Gasteiger partial charge on any atom is 0.251 e. The van der Waals surface area contributed by atoms with Gasteiger partial charge in [-0.1, -0.05) is 12.8 Å². The highest BCUT2D eigenvalue weighted by molar-refractivity contribution is 7.99. The lowest BCUT2D eigenvalue weighted by Crippen LogP contribution is -2.32. The minimum atomic E-state index is 0.0714. The number of fused-ring (bicyclic) bond motifs is 1. The molecule has 0 saturated heterocycles. The van der Waals surface area contributed by atoms with Crippen molar-refractivity contribution >= 4 is 23.4 Å². The van der Waals surface area contributed by atoms with Gasteiger partial charge >= 0.3 is 0 Å². The second-order valence-electron chi connectivity index (χ2n) is 4.94. The van der Waals surface area contributed by atoms with Crippen molar-refractivity contribution in [2.75, 3.05) is 17.6 Å². The summed E-state index contributed by atoms with van der Waals surface area (Å²) in [6.07, 6.45) is 4.75. The summed E-state index contributed by atoms with van der Waals surface area (Å²) in [7, 11) is 0. The maximum absolute atomic E-state index is 12.1. The Morgan fingerprint density at radius 2 is 2.17 bits per heavy atom. The van der Waals surface area contributed by atoms with Crippen LogP contribution in [0.2, 0.25) is 0 Å². The van der Waals surface area contributed by atoms with Crippen molar-refractivity contribution < 1.29 is 4.79 Å². The van der Waals surface area contributed by atoms with Crippen LogP contribution in [-0.2, 0) is 0 Å². The van der Waals surface area contributed by atoms with E-state index < -0.39 is 0 Å². The summed E-state index contributed by atoms with van der Waals surface area (Å²) in [5, 5.41) is 6.48. The fourth-order valence-corrected chi connectivity index (χ4v) is 3.50. The van der Waals surface area contributed by atoms with Gasteiger partial charge in [-0.05, 0) is 31.0 Å². The number of carbonyl (C=O) groups excluding carboxylic acids is 1. The fraction of sp³-hybridized carbons (Fsp3) is 0.500. The zero-order chi connectivity index (χ0) is 12.4. The average Bonchev–Trinajstić information content (AvgIpc) is 2.91. The van der Waals surface area contributed by atoms with Gasteiger partial charge in [0.1, 0.15) is 0 Å². The van der Waals surface area contributed by atoms with Gasteiger partial charge in [-0.2, -0.15) is 0 Å². The third kappa shape index (κ3) is 2.48. The molecule has 0 atom stereocenters. The van der Waals surface area contributed by atoms with Crippen LogP contribution in [0.4, 0.5) is 5.69 Å². The molecule has 1 saturated carbocycles. The number of hydrogen-bond donors (Lipinski definition) is 2. The number of carbonyl (C=O) groups is 1. The highest BCUT2D eigenvalue weighted by atomic mass is 32.2. The van der Waals surface area contributed by atoms with E-state index in [4.69, 9.17) is 0 Å². The first-order valence-electron chi connectivity index (χ1n) is 6.64. The largest absolute Gasteiger partial charge is 0.383 e. The molecule has 3 rings (SSSR count). The standard InChI is InChI=1S/C14H18N2OS/c17-14(16-11-3-1-2-4-11)10-5-6-13-12(9-10)15-7-8-18-13/h5-6,9,11,15H,1-4,7-8H2,(H,16,17). The zero-order valence-corrected chi connectivity index (χ0v) is 11.2. The van der Waals surface area contributed by atoms with E-state index in [-0.39, 0.29) is 5.91 Å². The van der Waals surface area contributed by atoms with Crippen LogP contribution >= 0.6 is 11.8 Å². The van der Waals surface area contributed by atoms with Gasteiger partial charge in [0.15, 0.2) is 0 Å². The molecule has 1 aromatic rings. The first kappa shape index (κ1) is 11.9. The normalized spacial score (nSPS) is 19.1. The first-order chi connectivity index (χ1) is 8.83. The van der Waals surface area contributed by atoms with E-state index in [0.29, 0.717) is 6.04 Å². The smallest absolute Gasteiger partial charge is 0.251 e. The Balaban J connectivity index is 1.73. The van der Waals surface area contributed by atoms with Crippen molar-refractivity contribution in [3.05, 3.63) is 23.8 Å². The van der Waals surface area contributed by atoms with E-state index >= 15 is 0 Å². The summed E-state index contributed by atoms with van der Waals surface area (Å²) in [5.41, 5.74) is 1.88. The van der Waals surface area contributed by atoms with Gasteiger partial charge < -0.3 is 10.6 Å². The number of nitrogens with one attached hydrogen (secondary N) is 2. The van der Waals surface area contributed by atoms with Crippen molar-refractivity contribution in [2.24, 2.45) is 0 Å². The van der Waals surface area contributed by atoms with Gasteiger partial charge in [0.25, 0.3) is 5.91 Å². The van der Waals surface area contributed by atoms with Crippen molar-refractivity contribution in [1.82, 2.24) is 5.32 Å².